The zero-order valence-corrected chi connectivity index (χ0v) is 14.4. The predicted octanol–water partition coefficient (Wildman–Crippen LogP) is 3.35. The number of carbonyl (C=O) groups is 3. The molecule has 0 atom stereocenters. The van der Waals surface area contributed by atoms with E-state index in [0.29, 0.717) is 27.4 Å². The number of amides is 3. The van der Waals surface area contributed by atoms with Crippen LogP contribution in [0.2, 0.25) is 0 Å². The Labute approximate surface area is 153 Å². The second-order valence-corrected chi connectivity index (χ2v) is 6.36. The molecule has 26 heavy (non-hydrogen) atoms. The summed E-state index contributed by atoms with van der Waals surface area (Å²) in [7, 11) is 0. The van der Waals surface area contributed by atoms with Gasteiger partial charge >= 0.3 is 0 Å². The maximum Gasteiger partial charge on any atom is 0.265 e. The van der Waals surface area contributed by atoms with Crippen LogP contribution in [0.3, 0.4) is 0 Å². The number of carbonyl (C=O) groups excluding carboxylic acids is 3. The van der Waals surface area contributed by atoms with Gasteiger partial charge in [0.15, 0.2) is 0 Å². The van der Waals surface area contributed by atoms with Crippen molar-refractivity contribution in [1.82, 2.24) is 0 Å². The molecule has 3 rings (SSSR count). The van der Waals surface area contributed by atoms with E-state index >= 15 is 0 Å². The number of hydrogen-bond acceptors (Lipinski definition) is 4. The van der Waals surface area contributed by atoms with Crippen LogP contribution in [-0.2, 0) is 0 Å². The molecule has 0 aliphatic heterocycles. The minimum atomic E-state index is -0.531. The average Bonchev–Trinajstić information content (AvgIpc) is 3.17. The normalized spacial score (nSPS) is 10.2. The molecule has 0 saturated heterocycles. The number of nitrogens with one attached hydrogen (secondary N) is 2. The largest absolute Gasteiger partial charge is 0.366 e. The summed E-state index contributed by atoms with van der Waals surface area (Å²) in [6.07, 6.45) is 0. The number of hydrogen-bond donors (Lipinski definition) is 3. The molecule has 6 nitrogen and oxygen atoms in total. The number of rotatable bonds is 5. The molecular weight excluding hydrogens is 350 g/mol. The van der Waals surface area contributed by atoms with Gasteiger partial charge in [-0.15, -0.1) is 11.3 Å². The highest BCUT2D eigenvalue weighted by molar-refractivity contribution is 7.12. The first-order chi connectivity index (χ1) is 12.5. The molecule has 7 heteroatoms. The van der Waals surface area contributed by atoms with Crippen molar-refractivity contribution in [2.75, 3.05) is 10.6 Å². The van der Waals surface area contributed by atoms with Crippen LogP contribution >= 0.6 is 11.3 Å². The summed E-state index contributed by atoms with van der Waals surface area (Å²) < 4.78 is 0. The lowest BCUT2D eigenvalue weighted by molar-refractivity contribution is 0.0997. The van der Waals surface area contributed by atoms with Crippen LogP contribution in [0.1, 0.15) is 30.4 Å². The molecule has 0 spiro atoms. The molecule has 4 N–H and O–H groups in total. The van der Waals surface area contributed by atoms with Crippen LogP contribution in [0.15, 0.2) is 66.0 Å². The monoisotopic (exact) mass is 365 g/mol. The molecule has 1 heterocycles. The van der Waals surface area contributed by atoms with Gasteiger partial charge in [0.2, 0.25) is 5.91 Å². The summed E-state index contributed by atoms with van der Waals surface area (Å²) in [5.74, 6) is -1.08. The minimum absolute atomic E-state index is 0.223. The van der Waals surface area contributed by atoms with E-state index in [1.165, 1.54) is 23.5 Å². The third kappa shape index (κ3) is 4.14. The van der Waals surface area contributed by atoms with Crippen molar-refractivity contribution in [2.45, 2.75) is 0 Å². The SMILES string of the molecule is NC(=O)c1ccc(NC(=O)c2cccc(NC(=O)c3cccs3)c2)cc1. The van der Waals surface area contributed by atoms with E-state index in [9.17, 15) is 14.4 Å². The first-order valence-corrected chi connectivity index (χ1v) is 8.57. The predicted molar refractivity (Wildman–Crippen MR) is 102 cm³/mol. The summed E-state index contributed by atoms with van der Waals surface area (Å²) in [6, 6.07) is 16.4. The fourth-order valence-electron chi connectivity index (χ4n) is 2.26. The van der Waals surface area contributed by atoms with Crippen molar-refractivity contribution in [3.05, 3.63) is 82.0 Å². The van der Waals surface area contributed by atoms with Crippen molar-refractivity contribution in [3.63, 3.8) is 0 Å². The van der Waals surface area contributed by atoms with Gasteiger partial charge in [0.05, 0.1) is 4.88 Å². The van der Waals surface area contributed by atoms with Gasteiger partial charge in [-0.05, 0) is 53.9 Å². The zero-order valence-electron chi connectivity index (χ0n) is 13.6. The van der Waals surface area contributed by atoms with Crippen LogP contribution in [0.25, 0.3) is 0 Å². The number of benzene rings is 2. The number of anilines is 2. The summed E-state index contributed by atoms with van der Waals surface area (Å²) >= 11 is 1.34. The van der Waals surface area contributed by atoms with Gasteiger partial charge in [-0.1, -0.05) is 12.1 Å². The molecule has 130 valence electrons. The topological polar surface area (TPSA) is 101 Å². The Balaban J connectivity index is 1.69. The first kappa shape index (κ1) is 17.4. The fourth-order valence-corrected chi connectivity index (χ4v) is 2.88. The van der Waals surface area contributed by atoms with Gasteiger partial charge in [-0.3, -0.25) is 14.4 Å². The summed E-state index contributed by atoms with van der Waals surface area (Å²) in [6.45, 7) is 0. The van der Waals surface area contributed by atoms with Gasteiger partial charge < -0.3 is 16.4 Å². The average molecular weight is 365 g/mol. The molecular formula is C19H15N3O3S. The lowest BCUT2D eigenvalue weighted by atomic mass is 10.1. The second kappa shape index (κ2) is 7.62. The van der Waals surface area contributed by atoms with Crippen molar-refractivity contribution in [1.29, 1.82) is 0 Å². The smallest absolute Gasteiger partial charge is 0.265 e. The Hall–Kier alpha value is -3.45. The number of primary amides is 1. The lowest BCUT2D eigenvalue weighted by Crippen LogP contribution is -2.14. The van der Waals surface area contributed by atoms with Gasteiger partial charge in [0.1, 0.15) is 0 Å². The zero-order chi connectivity index (χ0) is 18.5. The Bertz CT molecular complexity index is 950. The Morgan fingerprint density at radius 3 is 2.15 bits per heavy atom. The van der Waals surface area contributed by atoms with Gasteiger partial charge in [-0.2, -0.15) is 0 Å². The minimum Gasteiger partial charge on any atom is -0.366 e. The van der Waals surface area contributed by atoms with Crippen LogP contribution in [0, 0.1) is 0 Å². The maximum absolute atomic E-state index is 12.4. The van der Waals surface area contributed by atoms with E-state index in [1.54, 1.807) is 48.5 Å². The standard InChI is InChI=1S/C19H15N3O3S/c20-17(23)12-6-8-14(9-7-12)21-18(24)13-3-1-4-15(11-13)22-19(25)16-5-2-10-26-16/h1-11H,(H2,20,23)(H,21,24)(H,22,25). The van der Waals surface area contributed by atoms with E-state index in [-0.39, 0.29) is 11.8 Å². The second-order valence-electron chi connectivity index (χ2n) is 5.41. The van der Waals surface area contributed by atoms with Crippen LogP contribution in [0.5, 0.6) is 0 Å². The van der Waals surface area contributed by atoms with E-state index < -0.39 is 5.91 Å². The molecule has 2 aromatic carbocycles. The van der Waals surface area contributed by atoms with Crippen LogP contribution < -0.4 is 16.4 Å². The maximum atomic E-state index is 12.4. The van der Waals surface area contributed by atoms with Crippen molar-refractivity contribution >= 4 is 40.4 Å². The number of nitrogens with two attached hydrogens (primary N) is 1. The molecule has 0 aliphatic carbocycles. The highest BCUT2D eigenvalue weighted by atomic mass is 32.1. The van der Waals surface area contributed by atoms with Crippen LogP contribution in [-0.4, -0.2) is 17.7 Å². The van der Waals surface area contributed by atoms with Gasteiger partial charge in [0, 0.05) is 22.5 Å². The quantitative estimate of drug-likeness (QED) is 0.646. The van der Waals surface area contributed by atoms with Crippen molar-refractivity contribution in [3.8, 4) is 0 Å². The van der Waals surface area contributed by atoms with Crippen molar-refractivity contribution < 1.29 is 14.4 Å². The van der Waals surface area contributed by atoms with E-state index in [0.717, 1.165) is 0 Å². The molecule has 0 bridgehead atoms. The summed E-state index contributed by atoms with van der Waals surface area (Å²) in [5.41, 5.74) is 7.01. The Morgan fingerprint density at radius 2 is 1.50 bits per heavy atom. The molecule has 0 unspecified atom stereocenters. The molecule has 3 amide bonds. The number of thiophene rings is 1. The van der Waals surface area contributed by atoms with Crippen LogP contribution in [0.4, 0.5) is 11.4 Å². The van der Waals surface area contributed by atoms with E-state index in [1.807, 2.05) is 5.38 Å². The third-order valence-corrected chi connectivity index (χ3v) is 4.42. The van der Waals surface area contributed by atoms with Gasteiger partial charge in [-0.25, -0.2) is 0 Å². The Kier molecular flexibility index (Phi) is 5.09. The molecule has 1 aromatic heterocycles. The first-order valence-electron chi connectivity index (χ1n) is 7.69. The molecule has 3 aromatic rings. The third-order valence-electron chi connectivity index (χ3n) is 3.55. The van der Waals surface area contributed by atoms with Crippen molar-refractivity contribution in [2.24, 2.45) is 5.73 Å². The highest BCUT2D eigenvalue weighted by Gasteiger charge is 2.10. The van der Waals surface area contributed by atoms with E-state index in [4.69, 9.17) is 5.73 Å². The lowest BCUT2D eigenvalue weighted by Gasteiger charge is -2.08. The van der Waals surface area contributed by atoms with Gasteiger partial charge in [0.25, 0.3) is 11.8 Å². The summed E-state index contributed by atoms with van der Waals surface area (Å²) in [4.78, 5) is 36.1. The summed E-state index contributed by atoms with van der Waals surface area (Å²) in [5, 5.41) is 7.32. The molecule has 0 fully saturated rings. The van der Waals surface area contributed by atoms with E-state index in [2.05, 4.69) is 10.6 Å². The highest BCUT2D eigenvalue weighted by Crippen LogP contribution is 2.16. The molecule has 0 radical (unpaired) electrons. The Morgan fingerprint density at radius 1 is 0.769 bits per heavy atom. The molecule has 0 saturated carbocycles. The fraction of sp³-hybridized carbons (Fsp3) is 0. The molecule has 0 aliphatic rings.